The summed E-state index contributed by atoms with van der Waals surface area (Å²) in [6.07, 6.45) is 2.47. The molecule has 0 amide bonds. The quantitative estimate of drug-likeness (QED) is 0.297. The normalized spacial score (nSPS) is 17.6. The van der Waals surface area contributed by atoms with Gasteiger partial charge in [-0.15, -0.1) is 0 Å². The van der Waals surface area contributed by atoms with E-state index in [9.17, 15) is 19.3 Å². The maximum atomic E-state index is 13.8. The number of carboxylic acids is 1. The predicted molar refractivity (Wildman–Crippen MR) is 119 cm³/mol. The van der Waals surface area contributed by atoms with Crippen molar-refractivity contribution in [2.24, 2.45) is 5.92 Å². The lowest BCUT2D eigenvalue weighted by atomic mass is 9.90. The van der Waals surface area contributed by atoms with Crippen molar-refractivity contribution in [2.75, 3.05) is 13.2 Å². The van der Waals surface area contributed by atoms with E-state index in [1.807, 2.05) is 32.0 Å². The highest BCUT2D eigenvalue weighted by molar-refractivity contribution is 7.55. The van der Waals surface area contributed by atoms with Gasteiger partial charge in [0.05, 0.1) is 6.61 Å². The van der Waals surface area contributed by atoms with Gasteiger partial charge in [0.15, 0.2) is 0 Å². The molecule has 3 atom stereocenters. The van der Waals surface area contributed by atoms with E-state index in [2.05, 4.69) is 17.1 Å². The lowest BCUT2D eigenvalue weighted by Gasteiger charge is -2.28. The second kappa shape index (κ2) is 11.1. The third-order valence-corrected chi connectivity index (χ3v) is 7.17. The Kier molecular flexibility index (Phi) is 9.10. The Balaban J connectivity index is 2.43. The molecule has 174 valence electrons. The van der Waals surface area contributed by atoms with Crippen molar-refractivity contribution in [1.29, 1.82) is 0 Å². The standard InChI is InChI=1S/C22H35N2O6P/c1-6-19(22(26)27)24-31(28,23-13-20(25)29-7-2)30-21-17(14(3)4)9-8-10-18(21)15(5)16-11-12-16/h8-10,14-16,19H,6-7,11-13H2,1-5H3,(H,26,27)(H2,23,24,28). The lowest BCUT2D eigenvalue weighted by Crippen LogP contribution is -2.40. The van der Waals surface area contributed by atoms with Crippen LogP contribution in [-0.2, 0) is 18.9 Å². The van der Waals surface area contributed by atoms with Gasteiger partial charge in [0, 0.05) is 0 Å². The molecule has 3 N–H and O–H groups in total. The van der Waals surface area contributed by atoms with Gasteiger partial charge in [0.2, 0.25) is 0 Å². The van der Waals surface area contributed by atoms with E-state index in [0.29, 0.717) is 11.7 Å². The van der Waals surface area contributed by atoms with E-state index in [1.165, 1.54) is 0 Å². The van der Waals surface area contributed by atoms with Gasteiger partial charge < -0.3 is 14.4 Å². The van der Waals surface area contributed by atoms with Crippen LogP contribution >= 0.6 is 7.67 Å². The summed E-state index contributed by atoms with van der Waals surface area (Å²) in [6.45, 7) is 9.32. The van der Waals surface area contributed by atoms with Crippen LogP contribution in [0, 0.1) is 5.92 Å². The fourth-order valence-corrected chi connectivity index (χ4v) is 5.20. The van der Waals surface area contributed by atoms with Crippen molar-refractivity contribution in [3.8, 4) is 5.75 Å². The van der Waals surface area contributed by atoms with E-state index in [1.54, 1.807) is 13.8 Å². The second-order valence-corrected chi connectivity index (χ2v) is 10.1. The van der Waals surface area contributed by atoms with Crippen LogP contribution in [0.4, 0.5) is 0 Å². The summed E-state index contributed by atoms with van der Waals surface area (Å²) in [5, 5.41) is 14.7. The van der Waals surface area contributed by atoms with Crippen molar-refractivity contribution < 1.29 is 28.5 Å². The van der Waals surface area contributed by atoms with Crippen LogP contribution in [-0.4, -0.2) is 36.2 Å². The highest BCUT2D eigenvalue weighted by atomic mass is 31.2. The summed E-state index contributed by atoms with van der Waals surface area (Å²) in [5.74, 6) is -0.389. The molecule has 0 aromatic heterocycles. The molecule has 0 aliphatic heterocycles. The number of aliphatic carboxylic acids is 1. The highest BCUT2D eigenvalue weighted by Crippen LogP contribution is 2.50. The minimum atomic E-state index is -3.97. The highest BCUT2D eigenvalue weighted by Gasteiger charge is 2.36. The first-order chi connectivity index (χ1) is 14.6. The SMILES string of the molecule is CCOC(=O)CNP(=O)(NC(CC)C(=O)O)Oc1c(C(C)C)cccc1C(C)C1CC1. The Morgan fingerprint density at radius 1 is 1.19 bits per heavy atom. The van der Waals surface area contributed by atoms with Gasteiger partial charge in [-0.1, -0.05) is 45.9 Å². The molecule has 1 aromatic rings. The van der Waals surface area contributed by atoms with Gasteiger partial charge in [-0.3, -0.25) is 9.59 Å². The molecule has 0 radical (unpaired) electrons. The molecule has 0 saturated heterocycles. The first-order valence-corrected chi connectivity index (χ1v) is 12.6. The van der Waals surface area contributed by atoms with Gasteiger partial charge >= 0.3 is 19.6 Å². The van der Waals surface area contributed by atoms with Crippen LogP contribution in [0.1, 0.15) is 76.8 Å². The first-order valence-electron chi connectivity index (χ1n) is 11.0. The molecule has 31 heavy (non-hydrogen) atoms. The number of carbonyl (C=O) groups excluding carboxylic acids is 1. The first kappa shape index (κ1) is 25.4. The number of carbonyl (C=O) groups is 2. The number of esters is 1. The van der Waals surface area contributed by atoms with Crippen LogP contribution in [0.25, 0.3) is 0 Å². The summed E-state index contributed by atoms with van der Waals surface area (Å²) in [6, 6.07) is 4.75. The van der Waals surface area contributed by atoms with E-state index >= 15 is 0 Å². The average molecular weight is 455 g/mol. The molecule has 9 heteroatoms. The molecule has 0 bridgehead atoms. The number of nitrogens with one attached hydrogen (secondary N) is 2. The van der Waals surface area contributed by atoms with Crippen molar-refractivity contribution >= 4 is 19.6 Å². The lowest BCUT2D eigenvalue weighted by molar-refractivity contribution is -0.141. The molecule has 1 aliphatic rings. The summed E-state index contributed by atoms with van der Waals surface area (Å²) < 4.78 is 24.8. The monoisotopic (exact) mass is 454 g/mol. The van der Waals surface area contributed by atoms with Crippen molar-refractivity contribution in [3.05, 3.63) is 29.3 Å². The molecule has 1 aliphatic carbocycles. The van der Waals surface area contributed by atoms with E-state index in [0.717, 1.165) is 24.0 Å². The van der Waals surface area contributed by atoms with E-state index < -0.39 is 25.7 Å². The summed E-state index contributed by atoms with van der Waals surface area (Å²) >= 11 is 0. The molecule has 1 aromatic carbocycles. The number of para-hydroxylation sites is 1. The van der Waals surface area contributed by atoms with Crippen LogP contribution in [0.3, 0.4) is 0 Å². The van der Waals surface area contributed by atoms with E-state index in [-0.39, 0.29) is 31.4 Å². The van der Waals surface area contributed by atoms with Crippen molar-refractivity contribution in [1.82, 2.24) is 10.2 Å². The molecule has 1 saturated carbocycles. The van der Waals surface area contributed by atoms with Crippen LogP contribution < -0.4 is 14.7 Å². The third kappa shape index (κ3) is 7.06. The van der Waals surface area contributed by atoms with Gasteiger partial charge in [0.25, 0.3) is 0 Å². The molecule has 0 spiro atoms. The minimum absolute atomic E-state index is 0.0984. The topological polar surface area (TPSA) is 114 Å². The number of ether oxygens (including phenoxy) is 1. The Morgan fingerprint density at radius 3 is 2.35 bits per heavy atom. The van der Waals surface area contributed by atoms with Crippen molar-refractivity contribution in [3.63, 3.8) is 0 Å². The largest absolute Gasteiger partial charge is 0.480 e. The van der Waals surface area contributed by atoms with Gasteiger partial charge in [0.1, 0.15) is 18.3 Å². The maximum Gasteiger partial charge on any atom is 0.391 e. The van der Waals surface area contributed by atoms with Gasteiger partial charge in [-0.2, -0.15) is 0 Å². The zero-order valence-corrected chi connectivity index (χ0v) is 19.9. The maximum absolute atomic E-state index is 13.8. The zero-order valence-electron chi connectivity index (χ0n) is 19.0. The smallest absolute Gasteiger partial charge is 0.391 e. The zero-order chi connectivity index (χ0) is 23.2. The summed E-state index contributed by atoms with van der Waals surface area (Å²) in [5.41, 5.74) is 1.82. The van der Waals surface area contributed by atoms with Gasteiger partial charge in [-0.25, -0.2) is 14.7 Å². The average Bonchev–Trinajstić information content (AvgIpc) is 3.55. The fourth-order valence-electron chi connectivity index (χ4n) is 3.48. The summed E-state index contributed by atoms with van der Waals surface area (Å²) in [4.78, 5) is 23.5. The third-order valence-electron chi connectivity index (χ3n) is 5.51. The summed E-state index contributed by atoms with van der Waals surface area (Å²) in [7, 11) is -3.97. The van der Waals surface area contributed by atoms with Crippen molar-refractivity contribution in [2.45, 2.75) is 71.8 Å². The number of hydrogen-bond donors (Lipinski definition) is 3. The molecular weight excluding hydrogens is 419 g/mol. The Morgan fingerprint density at radius 2 is 1.84 bits per heavy atom. The second-order valence-electron chi connectivity index (χ2n) is 8.26. The van der Waals surface area contributed by atoms with Crippen LogP contribution in [0.2, 0.25) is 0 Å². The Bertz CT molecular complexity index is 824. The number of carboxylic acid groups (broad SMARTS) is 1. The molecule has 1 fully saturated rings. The van der Waals surface area contributed by atoms with Crippen LogP contribution in [0.5, 0.6) is 5.75 Å². The molecule has 2 rings (SSSR count). The predicted octanol–water partition coefficient (Wildman–Crippen LogP) is 4.42. The number of hydrogen-bond acceptors (Lipinski definition) is 5. The fraction of sp³-hybridized carbons (Fsp3) is 0.636. The van der Waals surface area contributed by atoms with Crippen LogP contribution in [0.15, 0.2) is 18.2 Å². The Hall–Kier alpha value is -1.89. The number of benzene rings is 1. The molecule has 0 heterocycles. The molecular formula is C22H35N2O6P. The van der Waals surface area contributed by atoms with E-state index in [4.69, 9.17) is 9.26 Å². The van der Waals surface area contributed by atoms with Gasteiger partial charge in [-0.05, 0) is 55.1 Å². The molecule has 3 unspecified atom stereocenters. The molecule has 8 nitrogen and oxygen atoms in total. The Labute approximate surface area is 184 Å². The number of rotatable bonds is 13. The minimum Gasteiger partial charge on any atom is -0.480 e.